The summed E-state index contributed by atoms with van der Waals surface area (Å²) in [4.78, 5) is 14.4. The van der Waals surface area contributed by atoms with Crippen LogP contribution in [0.2, 0.25) is 0 Å². The van der Waals surface area contributed by atoms with Gasteiger partial charge in [-0.3, -0.25) is 4.79 Å². The van der Waals surface area contributed by atoms with E-state index in [0.717, 1.165) is 19.6 Å². The van der Waals surface area contributed by atoms with Crippen molar-refractivity contribution in [2.24, 2.45) is 11.1 Å². The highest BCUT2D eigenvalue weighted by molar-refractivity contribution is 5.83. The average Bonchev–Trinajstić information content (AvgIpc) is 2.52. The highest BCUT2D eigenvalue weighted by Crippen LogP contribution is 2.30. The number of rotatable bonds is 1. The first kappa shape index (κ1) is 12.8. The Kier molecular flexibility index (Phi) is 3.70. The van der Waals surface area contributed by atoms with E-state index in [2.05, 4.69) is 0 Å². The van der Waals surface area contributed by atoms with Gasteiger partial charge in [0.2, 0.25) is 5.91 Å². The van der Waals surface area contributed by atoms with Gasteiger partial charge in [-0.15, -0.1) is 0 Å². The number of amides is 1. The van der Waals surface area contributed by atoms with E-state index in [9.17, 15) is 4.79 Å². The molecule has 1 amide bonds. The van der Waals surface area contributed by atoms with E-state index in [4.69, 9.17) is 15.2 Å². The minimum absolute atomic E-state index is 0.101. The Bertz CT molecular complexity index is 297. The van der Waals surface area contributed by atoms with Crippen LogP contribution in [0, 0.1) is 5.41 Å². The van der Waals surface area contributed by atoms with Crippen LogP contribution in [0.4, 0.5) is 0 Å². The van der Waals surface area contributed by atoms with Crippen LogP contribution < -0.4 is 5.73 Å². The summed E-state index contributed by atoms with van der Waals surface area (Å²) in [6.07, 6.45) is 0.992. The molecule has 3 unspecified atom stereocenters. The van der Waals surface area contributed by atoms with E-state index in [1.165, 1.54) is 0 Å². The third-order valence-electron chi connectivity index (χ3n) is 3.75. The van der Waals surface area contributed by atoms with Crippen LogP contribution in [0.3, 0.4) is 0 Å². The van der Waals surface area contributed by atoms with Gasteiger partial charge in [0, 0.05) is 25.7 Å². The first-order valence-electron chi connectivity index (χ1n) is 6.28. The van der Waals surface area contributed by atoms with Gasteiger partial charge < -0.3 is 20.1 Å². The normalized spacial score (nSPS) is 39.1. The molecule has 2 saturated heterocycles. The summed E-state index contributed by atoms with van der Waals surface area (Å²) in [5.74, 6) is 0.111. The van der Waals surface area contributed by atoms with Crippen molar-refractivity contribution in [3.05, 3.63) is 0 Å². The molecule has 17 heavy (non-hydrogen) atoms. The molecule has 5 heteroatoms. The summed E-state index contributed by atoms with van der Waals surface area (Å²) in [7, 11) is 0. The van der Waals surface area contributed by atoms with Crippen LogP contribution in [-0.2, 0) is 14.3 Å². The second kappa shape index (κ2) is 4.92. The largest absolute Gasteiger partial charge is 0.379 e. The molecular weight excluding hydrogens is 220 g/mol. The van der Waals surface area contributed by atoms with Gasteiger partial charge in [-0.05, 0) is 20.3 Å². The lowest BCUT2D eigenvalue weighted by Gasteiger charge is -2.33. The third kappa shape index (κ3) is 2.46. The minimum atomic E-state index is -0.565. The van der Waals surface area contributed by atoms with Crippen LogP contribution in [0.5, 0.6) is 0 Å². The summed E-state index contributed by atoms with van der Waals surface area (Å²) in [6, 6.07) is -0.200. The fourth-order valence-electron chi connectivity index (χ4n) is 2.45. The Hall–Kier alpha value is -0.650. The zero-order valence-corrected chi connectivity index (χ0v) is 10.6. The van der Waals surface area contributed by atoms with E-state index in [1.54, 1.807) is 0 Å². The van der Waals surface area contributed by atoms with Crippen LogP contribution in [0.1, 0.15) is 20.3 Å². The topological polar surface area (TPSA) is 64.8 Å². The summed E-state index contributed by atoms with van der Waals surface area (Å²) in [5, 5.41) is 0. The molecule has 0 radical (unpaired) electrons. The molecule has 2 heterocycles. The van der Waals surface area contributed by atoms with E-state index in [0.29, 0.717) is 19.8 Å². The molecule has 0 aromatic carbocycles. The highest BCUT2D eigenvalue weighted by atomic mass is 16.5. The quantitative estimate of drug-likeness (QED) is 0.702. The Balaban J connectivity index is 2.07. The number of hydrogen-bond donors (Lipinski definition) is 1. The first-order valence-corrected chi connectivity index (χ1v) is 6.28. The molecular formula is C12H22N2O3. The molecule has 2 N–H and O–H groups in total. The van der Waals surface area contributed by atoms with Crippen LogP contribution >= 0.6 is 0 Å². The second-order valence-corrected chi connectivity index (χ2v) is 5.33. The number of carbonyl (C=O) groups excluding carboxylic acids is 1. The molecule has 3 atom stereocenters. The molecule has 5 nitrogen and oxygen atoms in total. The maximum Gasteiger partial charge on any atom is 0.232 e. The van der Waals surface area contributed by atoms with Crippen molar-refractivity contribution >= 4 is 5.91 Å². The van der Waals surface area contributed by atoms with Gasteiger partial charge >= 0.3 is 0 Å². The standard InChI is InChI=1S/C12H22N2O3/c1-9-6-14(4-3-5-17-9)11(15)12(2)8-16-7-10(12)13/h9-10H,3-8,13H2,1-2H3. The smallest absolute Gasteiger partial charge is 0.232 e. The molecule has 2 rings (SSSR count). The predicted octanol–water partition coefficient (Wildman–Crippen LogP) is -0.0124. The molecule has 2 aliphatic heterocycles. The van der Waals surface area contributed by atoms with Gasteiger partial charge in [-0.1, -0.05) is 0 Å². The van der Waals surface area contributed by atoms with Gasteiger partial charge in [0.1, 0.15) is 0 Å². The lowest BCUT2D eigenvalue weighted by molar-refractivity contribution is -0.142. The Morgan fingerprint density at radius 1 is 1.53 bits per heavy atom. The molecule has 0 aliphatic carbocycles. The highest BCUT2D eigenvalue weighted by Gasteiger charge is 2.46. The Morgan fingerprint density at radius 3 is 2.94 bits per heavy atom. The summed E-state index contributed by atoms with van der Waals surface area (Å²) >= 11 is 0. The molecule has 0 spiro atoms. The van der Waals surface area contributed by atoms with Crippen molar-refractivity contribution in [1.82, 2.24) is 4.90 Å². The molecule has 2 fully saturated rings. The maximum absolute atomic E-state index is 12.5. The third-order valence-corrected chi connectivity index (χ3v) is 3.75. The van der Waals surface area contributed by atoms with Gasteiger partial charge in [-0.25, -0.2) is 0 Å². The van der Waals surface area contributed by atoms with Crippen LogP contribution in [0.25, 0.3) is 0 Å². The molecule has 0 aromatic rings. The molecule has 98 valence electrons. The van der Waals surface area contributed by atoms with Gasteiger partial charge in [0.25, 0.3) is 0 Å². The van der Waals surface area contributed by atoms with Crippen molar-refractivity contribution in [3.8, 4) is 0 Å². The van der Waals surface area contributed by atoms with E-state index >= 15 is 0 Å². The number of carbonyl (C=O) groups is 1. The summed E-state index contributed by atoms with van der Waals surface area (Å²) in [5.41, 5.74) is 5.43. The van der Waals surface area contributed by atoms with Crippen molar-refractivity contribution in [2.45, 2.75) is 32.4 Å². The van der Waals surface area contributed by atoms with Gasteiger partial charge in [-0.2, -0.15) is 0 Å². The Morgan fingerprint density at radius 2 is 2.29 bits per heavy atom. The lowest BCUT2D eigenvalue weighted by atomic mass is 9.84. The van der Waals surface area contributed by atoms with E-state index in [1.807, 2.05) is 18.7 Å². The van der Waals surface area contributed by atoms with E-state index in [-0.39, 0.29) is 18.1 Å². The lowest BCUT2D eigenvalue weighted by Crippen LogP contribution is -2.52. The Labute approximate surface area is 102 Å². The van der Waals surface area contributed by atoms with Gasteiger partial charge in [0.05, 0.1) is 24.7 Å². The zero-order valence-electron chi connectivity index (χ0n) is 10.6. The van der Waals surface area contributed by atoms with Crippen molar-refractivity contribution < 1.29 is 14.3 Å². The monoisotopic (exact) mass is 242 g/mol. The van der Waals surface area contributed by atoms with E-state index < -0.39 is 5.41 Å². The fourth-order valence-corrected chi connectivity index (χ4v) is 2.45. The first-order chi connectivity index (χ1) is 8.04. The molecule has 0 saturated carbocycles. The van der Waals surface area contributed by atoms with Crippen LogP contribution in [-0.4, -0.2) is 55.9 Å². The number of ether oxygens (including phenoxy) is 2. The van der Waals surface area contributed by atoms with Crippen molar-refractivity contribution in [3.63, 3.8) is 0 Å². The SMILES string of the molecule is CC1CN(C(=O)C2(C)COCC2N)CCCO1. The van der Waals surface area contributed by atoms with Gasteiger partial charge in [0.15, 0.2) is 0 Å². The molecule has 2 aliphatic rings. The molecule has 0 aromatic heterocycles. The molecule has 0 bridgehead atoms. The second-order valence-electron chi connectivity index (χ2n) is 5.33. The summed E-state index contributed by atoms with van der Waals surface area (Å²) in [6.45, 7) is 6.94. The van der Waals surface area contributed by atoms with Crippen molar-refractivity contribution in [2.75, 3.05) is 32.9 Å². The maximum atomic E-state index is 12.5. The minimum Gasteiger partial charge on any atom is -0.379 e. The number of nitrogens with zero attached hydrogens (tertiary/aromatic N) is 1. The van der Waals surface area contributed by atoms with Crippen molar-refractivity contribution in [1.29, 1.82) is 0 Å². The zero-order chi connectivity index (χ0) is 12.5. The summed E-state index contributed by atoms with van der Waals surface area (Å²) < 4.78 is 10.9. The average molecular weight is 242 g/mol. The predicted molar refractivity (Wildman–Crippen MR) is 63.5 cm³/mol. The fraction of sp³-hybridized carbons (Fsp3) is 0.917. The number of nitrogens with two attached hydrogens (primary N) is 1. The van der Waals surface area contributed by atoms with Crippen LogP contribution in [0.15, 0.2) is 0 Å². The number of hydrogen-bond acceptors (Lipinski definition) is 4.